The highest BCUT2D eigenvalue weighted by Gasteiger charge is 2.10. The number of aromatic nitrogens is 2. The van der Waals surface area contributed by atoms with Gasteiger partial charge in [0.05, 0.1) is 18.3 Å². The molecule has 0 amide bonds. The zero-order valence-electron chi connectivity index (χ0n) is 10.4. The maximum atomic E-state index is 5.67. The van der Waals surface area contributed by atoms with Crippen LogP contribution in [0.25, 0.3) is 0 Å². The van der Waals surface area contributed by atoms with Crippen LogP contribution in [0.4, 0.5) is 0 Å². The Bertz CT molecular complexity index is 447. The summed E-state index contributed by atoms with van der Waals surface area (Å²) in [6.45, 7) is 0.645. The Morgan fingerprint density at radius 1 is 1.22 bits per heavy atom. The first kappa shape index (κ1) is 12.5. The predicted octanol–water partition coefficient (Wildman–Crippen LogP) is 2.21. The maximum absolute atomic E-state index is 5.67. The van der Waals surface area contributed by atoms with E-state index in [0.29, 0.717) is 6.61 Å². The highest BCUT2D eigenvalue weighted by atomic mass is 16.5. The van der Waals surface area contributed by atoms with E-state index in [0.717, 1.165) is 17.9 Å². The van der Waals surface area contributed by atoms with Crippen molar-refractivity contribution >= 4 is 0 Å². The van der Waals surface area contributed by atoms with Crippen molar-refractivity contribution in [3.63, 3.8) is 0 Å². The molecule has 0 fully saturated rings. The third-order valence-electron chi connectivity index (χ3n) is 2.71. The van der Waals surface area contributed by atoms with Crippen LogP contribution in [0.2, 0.25) is 0 Å². The number of ether oxygens (including phenoxy) is 1. The number of hydrogen-bond donors (Lipinski definition) is 1. The quantitative estimate of drug-likeness (QED) is 0.845. The lowest BCUT2D eigenvalue weighted by Crippen LogP contribution is -2.20. The summed E-state index contributed by atoms with van der Waals surface area (Å²) in [5, 5.41) is 3.22. The van der Waals surface area contributed by atoms with Gasteiger partial charge >= 0.3 is 0 Å². The van der Waals surface area contributed by atoms with Crippen molar-refractivity contribution in [2.45, 2.75) is 12.5 Å². The fourth-order valence-electron chi connectivity index (χ4n) is 1.74. The molecule has 0 spiro atoms. The van der Waals surface area contributed by atoms with Gasteiger partial charge in [-0.25, -0.2) is 0 Å². The lowest BCUT2D eigenvalue weighted by Gasteiger charge is -2.15. The molecule has 0 saturated heterocycles. The van der Waals surface area contributed by atoms with E-state index in [-0.39, 0.29) is 6.04 Å². The molecule has 2 aromatic rings. The molecule has 0 bridgehead atoms. The van der Waals surface area contributed by atoms with Crippen LogP contribution in [0.3, 0.4) is 0 Å². The van der Waals surface area contributed by atoms with E-state index in [1.54, 1.807) is 18.6 Å². The Morgan fingerprint density at radius 2 is 2.06 bits per heavy atom. The maximum Gasteiger partial charge on any atom is 0.119 e. The van der Waals surface area contributed by atoms with Crippen molar-refractivity contribution in [1.82, 2.24) is 15.3 Å². The fourth-order valence-corrected chi connectivity index (χ4v) is 1.74. The van der Waals surface area contributed by atoms with Crippen molar-refractivity contribution in [2.75, 3.05) is 13.7 Å². The third-order valence-corrected chi connectivity index (χ3v) is 2.71. The monoisotopic (exact) mass is 243 g/mol. The van der Waals surface area contributed by atoms with Gasteiger partial charge in [0.1, 0.15) is 5.75 Å². The average Bonchev–Trinajstić information content (AvgIpc) is 2.46. The number of nitrogens with one attached hydrogen (secondary N) is 1. The van der Waals surface area contributed by atoms with Crippen LogP contribution in [0.5, 0.6) is 5.75 Å². The molecule has 94 valence electrons. The summed E-state index contributed by atoms with van der Waals surface area (Å²) in [7, 11) is 1.92. The first-order valence-electron chi connectivity index (χ1n) is 6.01. The van der Waals surface area contributed by atoms with Crippen LogP contribution in [0.1, 0.15) is 18.2 Å². The molecule has 0 aliphatic heterocycles. The molecule has 0 saturated carbocycles. The summed E-state index contributed by atoms with van der Waals surface area (Å²) < 4.78 is 5.67. The summed E-state index contributed by atoms with van der Waals surface area (Å²) in [5.41, 5.74) is 0.941. The number of nitrogens with zero attached hydrogens (tertiary/aromatic N) is 2. The Balaban J connectivity index is 1.85. The molecule has 2 rings (SSSR count). The topological polar surface area (TPSA) is 47.0 Å². The van der Waals surface area contributed by atoms with Crippen LogP contribution in [-0.2, 0) is 0 Å². The second-order valence-corrected chi connectivity index (χ2v) is 3.92. The van der Waals surface area contributed by atoms with Crippen molar-refractivity contribution < 1.29 is 4.74 Å². The highest BCUT2D eigenvalue weighted by Crippen LogP contribution is 2.14. The second-order valence-electron chi connectivity index (χ2n) is 3.92. The van der Waals surface area contributed by atoms with E-state index in [1.807, 2.05) is 37.4 Å². The molecule has 0 aliphatic rings. The van der Waals surface area contributed by atoms with Gasteiger partial charge in [0.15, 0.2) is 0 Å². The fraction of sp³-hybridized carbons (Fsp3) is 0.286. The molecular weight excluding hydrogens is 226 g/mol. The van der Waals surface area contributed by atoms with Gasteiger partial charge in [0.2, 0.25) is 0 Å². The molecule has 1 atom stereocenters. The van der Waals surface area contributed by atoms with Gasteiger partial charge in [-0.3, -0.25) is 9.97 Å². The first-order valence-corrected chi connectivity index (χ1v) is 6.01. The van der Waals surface area contributed by atoms with Crippen molar-refractivity contribution in [2.24, 2.45) is 0 Å². The molecule has 1 aromatic carbocycles. The Kier molecular flexibility index (Phi) is 4.67. The van der Waals surface area contributed by atoms with Gasteiger partial charge < -0.3 is 10.1 Å². The Morgan fingerprint density at radius 3 is 2.72 bits per heavy atom. The highest BCUT2D eigenvalue weighted by molar-refractivity contribution is 5.20. The van der Waals surface area contributed by atoms with E-state index in [1.165, 1.54) is 0 Å². The average molecular weight is 243 g/mol. The van der Waals surface area contributed by atoms with Crippen molar-refractivity contribution in [3.05, 3.63) is 54.6 Å². The van der Waals surface area contributed by atoms with Crippen molar-refractivity contribution in [1.29, 1.82) is 0 Å². The minimum atomic E-state index is 0.169. The number of hydrogen-bond acceptors (Lipinski definition) is 4. The Hall–Kier alpha value is -1.94. The predicted molar refractivity (Wildman–Crippen MR) is 70.4 cm³/mol. The van der Waals surface area contributed by atoms with Gasteiger partial charge in [0, 0.05) is 25.0 Å². The summed E-state index contributed by atoms with van der Waals surface area (Å²) in [4.78, 5) is 8.37. The van der Waals surface area contributed by atoms with Gasteiger partial charge in [0.25, 0.3) is 0 Å². The summed E-state index contributed by atoms with van der Waals surface area (Å²) in [6.07, 6.45) is 6.02. The lowest BCUT2D eigenvalue weighted by atomic mass is 10.1. The smallest absolute Gasteiger partial charge is 0.119 e. The molecule has 1 aromatic heterocycles. The van der Waals surface area contributed by atoms with Crippen LogP contribution in [-0.4, -0.2) is 23.6 Å². The number of rotatable bonds is 6. The zero-order chi connectivity index (χ0) is 12.6. The minimum absolute atomic E-state index is 0.169. The van der Waals surface area contributed by atoms with Gasteiger partial charge in [-0.15, -0.1) is 0 Å². The molecule has 18 heavy (non-hydrogen) atoms. The molecule has 4 nitrogen and oxygen atoms in total. The minimum Gasteiger partial charge on any atom is -0.494 e. The molecule has 1 heterocycles. The number of para-hydroxylation sites is 1. The summed E-state index contributed by atoms with van der Waals surface area (Å²) in [5.74, 6) is 0.895. The van der Waals surface area contributed by atoms with Crippen LogP contribution >= 0.6 is 0 Å². The summed E-state index contributed by atoms with van der Waals surface area (Å²) in [6, 6.07) is 9.99. The standard InChI is InChI=1S/C14H17N3O/c1-15-13(14-11-16-8-9-17-14)7-10-18-12-5-3-2-4-6-12/h2-6,8-9,11,13,15H,7,10H2,1H3. The largest absolute Gasteiger partial charge is 0.494 e. The SMILES string of the molecule is CNC(CCOc1ccccc1)c1cnccn1. The van der Waals surface area contributed by atoms with E-state index < -0.39 is 0 Å². The molecule has 1 N–H and O–H groups in total. The van der Waals surface area contributed by atoms with Gasteiger partial charge in [-0.2, -0.15) is 0 Å². The molecule has 0 radical (unpaired) electrons. The van der Waals surface area contributed by atoms with Gasteiger partial charge in [-0.1, -0.05) is 18.2 Å². The summed E-state index contributed by atoms with van der Waals surface area (Å²) >= 11 is 0. The van der Waals surface area contributed by atoms with Gasteiger partial charge in [-0.05, 0) is 19.2 Å². The second kappa shape index (κ2) is 6.71. The zero-order valence-corrected chi connectivity index (χ0v) is 10.4. The van der Waals surface area contributed by atoms with Crippen LogP contribution in [0, 0.1) is 0 Å². The van der Waals surface area contributed by atoms with E-state index in [2.05, 4.69) is 15.3 Å². The molecular formula is C14H17N3O. The Labute approximate surface area is 107 Å². The van der Waals surface area contributed by atoms with E-state index in [9.17, 15) is 0 Å². The number of benzene rings is 1. The third kappa shape index (κ3) is 3.53. The normalized spacial score (nSPS) is 12.1. The van der Waals surface area contributed by atoms with E-state index >= 15 is 0 Å². The lowest BCUT2D eigenvalue weighted by molar-refractivity contribution is 0.288. The van der Waals surface area contributed by atoms with Crippen LogP contribution < -0.4 is 10.1 Å². The first-order chi connectivity index (χ1) is 8.90. The van der Waals surface area contributed by atoms with Crippen LogP contribution in [0.15, 0.2) is 48.9 Å². The van der Waals surface area contributed by atoms with E-state index in [4.69, 9.17) is 4.74 Å². The van der Waals surface area contributed by atoms with Crippen molar-refractivity contribution in [3.8, 4) is 5.75 Å². The molecule has 4 heteroatoms. The molecule has 0 aliphatic carbocycles. The molecule has 1 unspecified atom stereocenters.